The monoisotopic (exact) mass is 815 g/mol. The normalized spacial score (nSPS) is 14.6. The van der Waals surface area contributed by atoms with Crippen molar-refractivity contribution < 1.29 is 73.0 Å². The van der Waals surface area contributed by atoms with Gasteiger partial charge >= 0.3 is 17.9 Å². The quantitative estimate of drug-likeness (QED) is 0.0400. The van der Waals surface area contributed by atoms with E-state index in [1.165, 1.54) is 19.3 Å². The Balaban J connectivity index is 0. The number of hydroxylamine groups is 1. The molecule has 0 heterocycles. The van der Waals surface area contributed by atoms with Crippen LogP contribution in [-0.2, 0) is 63.3 Å². The minimum atomic E-state index is -3.63. The molecule has 21 heteroatoms. The van der Waals surface area contributed by atoms with Crippen molar-refractivity contribution >= 4 is 63.2 Å². The molecule has 4 atom stereocenters. The standard InChI is InChI=1S/C16H30O8S2.C14H27NO8S2/c1-4-24-16(19)14(3)26(22,23)12-10-8-6-5-7-9-11-25(20,21)13(2)15(17)18;1-11(13(16)15-19)24(20,21)9-7-5-3-4-6-8-10-25(22,23)12(2)14(17)18/h13-14H,4-12H2,1-3H3,(H,17,18);11-12,19H,3-10H2,1-2H3,(H,15,16)(H,17,18). The van der Waals surface area contributed by atoms with E-state index in [2.05, 4.69) is 0 Å². The molecule has 0 saturated heterocycles. The van der Waals surface area contributed by atoms with Crippen LogP contribution in [-0.4, -0.2) is 124 Å². The molecule has 0 aromatic carbocycles. The highest BCUT2D eigenvalue weighted by atomic mass is 32.2. The number of unbranched alkanes of at least 4 members (excludes halogenated alkanes) is 10. The first kappa shape index (κ1) is 50.7. The fourth-order valence-corrected chi connectivity index (χ4v) is 9.50. The van der Waals surface area contributed by atoms with Crippen molar-refractivity contribution in [3.63, 3.8) is 0 Å². The Bertz CT molecular complexity index is 1520. The number of amides is 1. The van der Waals surface area contributed by atoms with Gasteiger partial charge in [-0.2, -0.15) is 0 Å². The SMILES string of the molecule is CC(C(=O)O)S(=O)(=O)CCCCCCCCS(=O)(=O)C(C)C(=O)NO.CCOC(=O)C(C)S(=O)(=O)CCCCCCCCS(=O)(=O)C(C)C(=O)O. The third kappa shape index (κ3) is 21.1. The second-order valence-corrected chi connectivity index (χ2v) is 21.9. The maximum absolute atomic E-state index is 12.0. The number of hydrogen-bond acceptors (Lipinski definition) is 14. The summed E-state index contributed by atoms with van der Waals surface area (Å²) in [4.78, 5) is 44.0. The fraction of sp³-hybridized carbons (Fsp3) is 0.867. The molecule has 17 nitrogen and oxygen atoms in total. The van der Waals surface area contributed by atoms with E-state index in [1.54, 1.807) is 6.92 Å². The smallest absolute Gasteiger partial charge is 0.324 e. The van der Waals surface area contributed by atoms with Gasteiger partial charge in [-0.05, 0) is 60.3 Å². The van der Waals surface area contributed by atoms with Gasteiger partial charge in [-0.15, -0.1) is 0 Å². The predicted octanol–water partition coefficient (Wildman–Crippen LogP) is 2.10. The van der Waals surface area contributed by atoms with Crippen molar-refractivity contribution in [2.75, 3.05) is 29.6 Å². The highest BCUT2D eigenvalue weighted by Crippen LogP contribution is 2.14. The molecule has 302 valence electrons. The molecule has 0 aromatic heterocycles. The number of sulfone groups is 4. The van der Waals surface area contributed by atoms with E-state index in [0.717, 1.165) is 26.7 Å². The van der Waals surface area contributed by atoms with Crippen LogP contribution in [0.5, 0.6) is 0 Å². The molecule has 4 unspecified atom stereocenters. The van der Waals surface area contributed by atoms with Crippen LogP contribution in [0.3, 0.4) is 0 Å². The number of carbonyl (C=O) groups excluding carboxylic acids is 2. The van der Waals surface area contributed by atoms with Crippen molar-refractivity contribution in [1.29, 1.82) is 0 Å². The van der Waals surface area contributed by atoms with Crippen molar-refractivity contribution in [2.24, 2.45) is 0 Å². The van der Waals surface area contributed by atoms with E-state index in [9.17, 15) is 52.8 Å². The van der Waals surface area contributed by atoms with Crippen LogP contribution in [0.2, 0.25) is 0 Å². The third-order valence-electron chi connectivity index (χ3n) is 8.16. The molecule has 1 amide bonds. The number of carboxylic acid groups (broad SMARTS) is 2. The highest BCUT2D eigenvalue weighted by molar-refractivity contribution is 7.93. The van der Waals surface area contributed by atoms with Crippen LogP contribution >= 0.6 is 0 Å². The average molecular weight is 816 g/mol. The Kier molecular flexibility index (Phi) is 24.7. The summed E-state index contributed by atoms with van der Waals surface area (Å²) in [6.07, 6.45) is 7.00. The summed E-state index contributed by atoms with van der Waals surface area (Å²) in [5, 5.41) is 20.6. The number of carboxylic acids is 2. The maximum Gasteiger partial charge on any atom is 0.324 e. The highest BCUT2D eigenvalue weighted by Gasteiger charge is 2.30. The van der Waals surface area contributed by atoms with Gasteiger partial charge in [0.25, 0.3) is 5.91 Å². The zero-order chi connectivity index (χ0) is 40.1. The molecule has 0 aliphatic heterocycles. The molecule has 0 aliphatic rings. The van der Waals surface area contributed by atoms with Crippen molar-refractivity contribution in [2.45, 2.75) is 133 Å². The Labute approximate surface area is 302 Å². The van der Waals surface area contributed by atoms with E-state index < -0.39 is 84.2 Å². The van der Waals surface area contributed by atoms with E-state index in [4.69, 9.17) is 20.2 Å². The summed E-state index contributed by atoms with van der Waals surface area (Å²) in [5.74, 6) is -4.98. The zero-order valence-corrected chi connectivity index (χ0v) is 33.4. The van der Waals surface area contributed by atoms with Gasteiger partial charge in [0.1, 0.15) is 5.25 Å². The first-order chi connectivity index (χ1) is 23.4. The molecule has 4 N–H and O–H groups in total. The van der Waals surface area contributed by atoms with Crippen LogP contribution < -0.4 is 5.48 Å². The number of esters is 1. The lowest BCUT2D eigenvalue weighted by Crippen LogP contribution is -2.37. The molecule has 0 bridgehead atoms. The lowest BCUT2D eigenvalue weighted by Gasteiger charge is -2.11. The Hall–Kier alpha value is -2.36. The first-order valence-electron chi connectivity index (χ1n) is 16.8. The van der Waals surface area contributed by atoms with Gasteiger partial charge in [-0.3, -0.25) is 24.4 Å². The summed E-state index contributed by atoms with van der Waals surface area (Å²) in [6.45, 7) is 6.60. The van der Waals surface area contributed by atoms with Gasteiger partial charge in [0, 0.05) is 0 Å². The summed E-state index contributed by atoms with van der Waals surface area (Å²) in [6, 6.07) is 0. The molecule has 0 spiro atoms. The summed E-state index contributed by atoms with van der Waals surface area (Å²) < 4.78 is 99.0. The summed E-state index contributed by atoms with van der Waals surface area (Å²) in [7, 11) is -14.4. The minimum Gasteiger partial charge on any atom is -0.480 e. The number of aliphatic carboxylic acids is 2. The molecular formula is C30H57NO16S4. The Morgan fingerprint density at radius 1 is 0.490 bits per heavy atom. The van der Waals surface area contributed by atoms with Gasteiger partial charge in [0.05, 0.1) is 29.6 Å². The summed E-state index contributed by atoms with van der Waals surface area (Å²) >= 11 is 0. The number of rotatable bonds is 27. The van der Waals surface area contributed by atoms with Gasteiger partial charge in [-0.25, -0.2) is 39.2 Å². The molecular weight excluding hydrogens is 759 g/mol. The largest absolute Gasteiger partial charge is 0.480 e. The number of carbonyl (C=O) groups is 4. The summed E-state index contributed by atoms with van der Waals surface area (Å²) in [5.41, 5.74) is 1.32. The first-order valence-corrected chi connectivity index (χ1v) is 23.7. The zero-order valence-electron chi connectivity index (χ0n) is 30.1. The van der Waals surface area contributed by atoms with Crippen LogP contribution in [0.25, 0.3) is 0 Å². The maximum atomic E-state index is 12.0. The third-order valence-corrected chi connectivity index (χ3v) is 16.7. The molecule has 51 heavy (non-hydrogen) atoms. The van der Waals surface area contributed by atoms with Crippen molar-refractivity contribution in [1.82, 2.24) is 5.48 Å². The lowest BCUT2D eigenvalue weighted by molar-refractivity contribution is -0.142. The molecule has 0 aromatic rings. The van der Waals surface area contributed by atoms with Gasteiger partial charge in [0.2, 0.25) is 0 Å². The van der Waals surface area contributed by atoms with Crippen LogP contribution in [0, 0.1) is 0 Å². The Morgan fingerprint density at radius 2 is 0.745 bits per heavy atom. The Morgan fingerprint density at radius 3 is 1.00 bits per heavy atom. The van der Waals surface area contributed by atoms with Crippen LogP contribution in [0.1, 0.15) is 112 Å². The molecule has 0 radical (unpaired) electrons. The number of ether oxygens (including phenoxy) is 1. The molecule has 0 rings (SSSR count). The topological polar surface area (TPSA) is 287 Å². The minimum absolute atomic E-state index is 0.0858. The van der Waals surface area contributed by atoms with Crippen LogP contribution in [0.4, 0.5) is 0 Å². The number of hydrogen-bond donors (Lipinski definition) is 4. The second kappa shape index (κ2) is 24.8. The van der Waals surface area contributed by atoms with E-state index in [0.29, 0.717) is 64.2 Å². The average Bonchev–Trinajstić information content (AvgIpc) is 3.05. The lowest BCUT2D eigenvalue weighted by atomic mass is 10.1. The van der Waals surface area contributed by atoms with Crippen LogP contribution in [0.15, 0.2) is 0 Å². The van der Waals surface area contributed by atoms with E-state index in [1.807, 2.05) is 0 Å². The van der Waals surface area contributed by atoms with Crippen molar-refractivity contribution in [3.05, 3.63) is 0 Å². The van der Waals surface area contributed by atoms with E-state index >= 15 is 0 Å². The van der Waals surface area contributed by atoms with E-state index in [-0.39, 0.29) is 29.6 Å². The molecule has 0 aliphatic carbocycles. The fourth-order valence-electron chi connectivity index (χ4n) is 4.30. The van der Waals surface area contributed by atoms with Gasteiger partial charge < -0.3 is 14.9 Å². The number of nitrogens with one attached hydrogen (secondary N) is 1. The van der Waals surface area contributed by atoms with Gasteiger partial charge in [0.15, 0.2) is 55.1 Å². The van der Waals surface area contributed by atoms with Gasteiger partial charge in [-0.1, -0.05) is 51.4 Å². The molecule has 0 fully saturated rings. The second-order valence-electron chi connectivity index (χ2n) is 12.2. The predicted molar refractivity (Wildman–Crippen MR) is 190 cm³/mol. The van der Waals surface area contributed by atoms with Crippen molar-refractivity contribution in [3.8, 4) is 0 Å². The molecule has 0 saturated carbocycles.